The van der Waals surface area contributed by atoms with Crippen molar-refractivity contribution in [3.05, 3.63) is 41.7 Å². The minimum atomic E-state index is 0.510. The van der Waals surface area contributed by atoms with E-state index in [0.29, 0.717) is 6.54 Å². The van der Waals surface area contributed by atoms with Crippen molar-refractivity contribution in [2.45, 2.75) is 13.5 Å². The molecular weight excluding hydrogens is 202 g/mol. The molecule has 0 spiro atoms. The molecule has 84 valence electrons. The van der Waals surface area contributed by atoms with Gasteiger partial charge in [0.15, 0.2) is 0 Å². The van der Waals surface area contributed by atoms with E-state index in [1.54, 1.807) is 7.11 Å². The molecule has 0 fully saturated rings. The molecule has 0 amide bonds. The maximum absolute atomic E-state index is 5.62. The summed E-state index contributed by atoms with van der Waals surface area (Å²) in [7, 11) is 1.65. The van der Waals surface area contributed by atoms with Gasteiger partial charge in [0.25, 0.3) is 0 Å². The van der Waals surface area contributed by atoms with Crippen LogP contribution in [0.5, 0.6) is 5.75 Å². The topological polar surface area (TPSA) is 53.1 Å². The summed E-state index contributed by atoms with van der Waals surface area (Å²) >= 11 is 0. The smallest absolute Gasteiger partial charge is 0.121 e. The molecule has 16 heavy (non-hydrogen) atoms. The predicted octanol–water partition coefficient (Wildman–Crippen LogP) is 1.65. The number of benzene rings is 1. The lowest BCUT2D eigenvalue weighted by Crippen LogP contribution is -1.96. The van der Waals surface area contributed by atoms with Gasteiger partial charge in [-0.2, -0.15) is 5.10 Å². The number of ether oxygens (including phenoxy) is 1. The lowest BCUT2D eigenvalue weighted by Gasteiger charge is -2.03. The first-order chi connectivity index (χ1) is 7.74. The van der Waals surface area contributed by atoms with Gasteiger partial charge in [-0.25, -0.2) is 4.68 Å². The normalized spacial score (nSPS) is 10.4. The second kappa shape index (κ2) is 4.37. The Hall–Kier alpha value is -1.81. The number of aryl methyl sites for hydroxylation is 1. The van der Waals surface area contributed by atoms with E-state index in [9.17, 15) is 0 Å². The third-order valence-corrected chi connectivity index (χ3v) is 2.54. The van der Waals surface area contributed by atoms with Crippen molar-refractivity contribution < 1.29 is 4.74 Å². The molecular formula is C12H15N3O. The van der Waals surface area contributed by atoms with Gasteiger partial charge >= 0.3 is 0 Å². The second-order valence-electron chi connectivity index (χ2n) is 3.59. The Morgan fingerprint density at radius 2 is 2.25 bits per heavy atom. The quantitative estimate of drug-likeness (QED) is 0.850. The van der Waals surface area contributed by atoms with E-state index in [2.05, 4.69) is 5.10 Å². The van der Waals surface area contributed by atoms with Crippen LogP contribution in [0, 0.1) is 6.92 Å². The van der Waals surface area contributed by atoms with Gasteiger partial charge < -0.3 is 10.5 Å². The molecule has 0 radical (unpaired) electrons. The molecule has 0 atom stereocenters. The van der Waals surface area contributed by atoms with Crippen molar-refractivity contribution in [3.8, 4) is 11.4 Å². The molecule has 0 saturated carbocycles. The Balaban J connectivity index is 2.41. The monoisotopic (exact) mass is 217 g/mol. The lowest BCUT2D eigenvalue weighted by molar-refractivity contribution is 0.414. The fourth-order valence-corrected chi connectivity index (χ4v) is 1.58. The van der Waals surface area contributed by atoms with E-state index < -0.39 is 0 Å². The van der Waals surface area contributed by atoms with Crippen LogP contribution in [0.25, 0.3) is 5.69 Å². The summed E-state index contributed by atoms with van der Waals surface area (Å²) in [5, 5.41) is 4.41. The van der Waals surface area contributed by atoms with Crippen molar-refractivity contribution >= 4 is 0 Å². The number of methoxy groups -OCH3 is 1. The summed E-state index contributed by atoms with van der Waals surface area (Å²) in [6.45, 7) is 2.47. The number of hydrogen-bond donors (Lipinski definition) is 1. The number of rotatable bonds is 3. The standard InChI is InChI=1S/C12H15N3O/c1-9-10(7-13)8-15(14-9)11-4-3-5-12(6-11)16-2/h3-6,8H,7,13H2,1-2H3. The van der Waals surface area contributed by atoms with Crippen LogP contribution in [0.2, 0.25) is 0 Å². The molecule has 2 rings (SSSR count). The maximum Gasteiger partial charge on any atom is 0.121 e. The summed E-state index contributed by atoms with van der Waals surface area (Å²) in [4.78, 5) is 0. The lowest BCUT2D eigenvalue weighted by atomic mass is 10.3. The van der Waals surface area contributed by atoms with Crippen molar-refractivity contribution in [2.24, 2.45) is 5.73 Å². The number of nitrogens with two attached hydrogens (primary N) is 1. The average Bonchev–Trinajstić information content (AvgIpc) is 2.71. The van der Waals surface area contributed by atoms with Gasteiger partial charge in [-0.3, -0.25) is 0 Å². The van der Waals surface area contributed by atoms with E-state index in [1.165, 1.54) is 0 Å². The largest absolute Gasteiger partial charge is 0.497 e. The number of hydrogen-bond acceptors (Lipinski definition) is 3. The Bertz CT molecular complexity index is 491. The number of nitrogens with zero attached hydrogens (tertiary/aromatic N) is 2. The molecule has 0 saturated heterocycles. The minimum Gasteiger partial charge on any atom is -0.497 e. The van der Waals surface area contributed by atoms with Crippen LogP contribution in [0.15, 0.2) is 30.5 Å². The average molecular weight is 217 g/mol. The van der Waals surface area contributed by atoms with Gasteiger partial charge in [-0.05, 0) is 19.1 Å². The van der Waals surface area contributed by atoms with E-state index in [1.807, 2.05) is 42.1 Å². The molecule has 0 bridgehead atoms. The van der Waals surface area contributed by atoms with Gasteiger partial charge in [0.05, 0.1) is 18.5 Å². The van der Waals surface area contributed by atoms with Gasteiger partial charge in [0.2, 0.25) is 0 Å². The Morgan fingerprint density at radius 3 is 2.88 bits per heavy atom. The first kappa shape index (κ1) is 10.7. The van der Waals surface area contributed by atoms with Crippen LogP contribution in [0.4, 0.5) is 0 Å². The Labute approximate surface area is 94.6 Å². The van der Waals surface area contributed by atoms with Gasteiger partial charge in [-0.15, -0.1) is 0 Å². The van der Waals surface area contributed by atoms with Gasteiger partial charge in [0, 0.05) is 24.4 Å². The fraction of sp³-hybridized carbons (Fsp3) is 0.250. The zero-order chi connectivity index (χ0) is 11.5. The van der Waals surface area contributed by atoms with Crippen molar-refractivity contribution in [1.82, 2.24) is 9.78 Å². The van der Waals surface area contributed by atoms with Crippen LogP contribution in [-0.2, 0) is 6.54 Å². The molecule has 0 aliphatic heterocycles. The third-order valence-electron chi connectivity index (χ3n) is 2.54. The molecule has 1 aromatic heterocycles. The first-order valence-electron chi connectivity index (χ1n) is 5.14. The second-order valence-corrected chi connectivity index (χ2v) is 3.59. The molecule has 0 aliphatic rings. The highest BCUT2D eigenvalue weighted by Crippen LogP contribution is 2.17. The minimum absolute atomic E-state index is 0.510. The maximum atomic E-state index is 5.62. The van der Waals surface area contributed by atoms with Gasteiger partial charge in [0.1, 0.15) is 5.75 Å². The summed E-state index contributed by atoms with van der Waals surface area (Å²) in [6, 6.07) is 7.76. The van der Waals surface area contributed by atoms with E-state index >= 15 is 0 Å². The van der Waals surface area contributed by atoms with E-state index in [0.717, 1.165) is 22.7 Å². The van der Waals surface area contributed by atoms with Crippen LogP contribution in [-0.4, -0.2) is 16.9 Å². The summed E-state index contributed by atoms with van der Waals surface area (Å²) in [6.07, 6.45) is 1.95. The molecule has 4 nitrogen and oxygen atoms in total. The third kappa shape index (κ3) is 1.92. The van der Waals surface area contributed by atoms with Crippen molar-refractivity contribution in [2.75, 3.05) is 7.11 Å². The summed E-state index contributed by atoms with van der Waals surface area (Å²) < 4.78 is 6.99. The molecule has 1 aromatic carbocycles. The molecule has 2 N–H and O–H groups in total. The van der Waals surface area contributed by atoms with Crippen molar-refractivity contribution in [3.63, 3.8) is 0 Å². The first-order valence-corrected chi connectivity index (χ1v) is 5.14. The summed E-state index contributed by atoms with van der Waals surface area (Å²) in [5.74, 6) is 0.819. The summed E-state index contributed by atoms with van der Waals surface area (Å²) in [5.41, 5.74) is 8.62. The molecule has 4 heteroatoms. The highest BCUT2D eigenvalue weighted by atomic mass is 16.5. The van der Waals surface area contributed by atoms with Crippen LogP contribution >= 0.6 is 0 Å². The molecule has 2 aromatic rings. The highest BCUT2D eigenvalue weighted by molar-refractivity contribution is 5.39. The zero-order valence-corrected chi connectivity index (χ0v) is 9.47. The Kier molecular flexibility index (Phi) is 2.92. The van der Waals surface area contributed by atoms with Gasteiger partial charge in [-0.1, -0.05) is 6.07 Å². The molecule has 0 unspecified atom stereocenters. The SMILES string of the molecule is COc1cccc(-n2cc(CN)c(C)n2)c1. The van der Waals surface area contributed by atoms with Crippen LogP contribution in [0.1, 0.15) is 11.3 Å². The fourth-order valence-electron chi connectivity index (χ4n) is 1.58. The van der Waals surface area contributed by atoms with Crippen LogP contribution < -0.4 is 10.5 Å². The molecule has 1 heterocycles. The number of aromatic nitrogens is 2. The van der Waals surface area contributed by atoms with Crippen molar-refractivity contribution in [1.29, 1.82) is 0 Å². The van der Waals surface area contributed by atoms with Crippen LogP contribution in [0.3, 0.4) is 0 Å². The molecule has 0 aliphatic carbocycles. The highest BCUT2D eigenvalue weighted by Gasteiger charge is 2.05. The van der Waals surface area contributed by atoms with E-state index in [-0.39, 0.29) is 0 Å². The zero-order valence-electron chi connectivity index (χ0n) is 9.47. The Morgan fingerprint density at radius 1 is 1.44 bits per heavy atom. The van der Waals surface area contributed by atoms with E-state index in [4.69, 9.17) is 10.5 Å². The predicted molar refractivity (Wildman–Crippen MR) is 62.7 cm³/mol.